The Hall–Kier alpha value is -0.420. The second kappa shape index (κ2) is 6.95. The average Bonchev–Trinajstić information content (AvgIpc) is 2.68. The summed E-state index contributed by atoms with van der Waals surface area (Å²) >= 11 is 1.67. The maximum Gasteiger partial charge on any atom is 0.155 e. The highest BCUT2D eigenvalue weighted by Crippen LogP contribution is 2.08. The quantitative estimate of drug-likeness (QED) is 0.517. The Morgan fingerprint density at radius 1 is 1.36 bits per heavy atom. The maximum absolute atomic E-state index is 5.46. The van der Waals surface area contributed by atoms with E-state index in [2.05, 4.69) is 5.38 Å². The maximum atomic E-state index is 5.46. The lowest BCUT2D eigenvalue weighted by Crippen LogP contribution is -2.15. The molecule has 4 heteroatoms. The molecule has 1 atom stereocenters. The molecule has 14 heavy (non-hydrogen) atoms. The van der Waals surface area contributed by atoms with Crippen LogP contribution in [0.1, 0.15) is 12.5 Å². The molecule has 80 valence electrons. The summed E-state index contributed by atoms with van der Waals surface area (Å²) in [6, 6.07) is 2.05. The van der Waals surface area contributed by atoms with Crippen LogP contribution in [0.3, 0.4) is 0 Å². The number of ether oxygens (including phenoxy) is 3. The molecule has 1 heterocycles. The number of methoxy groups -OCH3 is 1. The third kappa shape index (κ3) is 4.72. The van der Waals surface area contributed by atoms with E-state index in [0.717, 1.165) is 0 Å². The molecule has 0 aliphatic carbocycles. The van der Waals surface area contributed by atoms with Crippen LogP contribution >= 0.6 is 11.3 Å². The number of thiophene rings is 1. The van der Waals surface area contributed by atoms with Crippen molar-refractivity contribution in [3.8, 4) is 0 Å². The molecule has 0 saturated heterocycles. The van der Waals surface area contributed by atoms with Crippen molar-refractivity contribution in [1.29, 1.82) is 0 Å². The minimum Gasteiger partial charge on any atom is -0.382 e. The fraction of sp³-hybridized carbons (Fsp3) is 0.600. The number of hydrogen-bond acceptors (Lipinski definition) is 4. The SMILES string of the molecule is COCCOC(C)OCc1ccsc1. The second-order valence-electron chi connectivity index (χ2n) is 2.87. The molecule has 1 aromatic heterocycles. The van der Waals surface area contributed by atoms with Crippen LogP contribution in [0.4, 0.5) is 0 Å². The highest BCUT2D eigenvalue weighted by Gasteiger charge is 2.02. The van der Waals surface area contributed by atoms with Crippen molar-refractivity contribution < 1.29 is 14.2 Å². The second-order valence-corrected chi connectivity index (χ2v) is 3.65. The highest BCUT2D eigenvalue weighted by molar-refractivity contribution is 7.07. The van der Waals surface area contributed by atoms with Gasteiger partial charge in [-0.3, -0.25) is 0 Å². The monoisotopic (exact) mass is 216 g/mol. The van der Waals surface area contributed by atoms with Crippen molar-refractivity contribution in [2.24, 2.45) is 0 Å². The van der Waals surface area contributed by atoms with E-state index in [4.69, 9.17) is 14.2 Å². The molecule has 0 fully saturated rings. The van der Waals surface area contributed by atoms with E-state index in [1.807, 2.05) is 18.4 Å². The Morgan fingerprint density at radius 3 is 2.86 bits per heavy atom. The summed E-state index contributed by atoms with van der Waals surface area (Å²) in [5, 5.41) is 4.11. The van der Waals surface area contributed by atoms with Gasteiger partial charge >= 0.3 is 0 Å². The summed E-state index contributed by atoms with van der Waals surface area (Å²) in [5.41, 5.74) is 1.19. The zero-order valence-electron chi connectivity index (χ0n) is 8.56. The number of hydrogen-bond donors (Lipinski definition) is 0. The average molecular weight is 216 g/mol. The number of rotatable bonds is 7. The smallest absolute Gasteiger partial charge is 0.155 e. The lowest BCUT2D eigenvalue weighted by molar-refractivity contribution is -0.144. The topological polar surface area (TPSA) is 27.7 Å². The van der Waals surface area contributed by atoms with E-state index in [0.29, 0.717) is 19.8 Å². The van der Waals surface area contributed by atoms with Gasteiger partial charge in [0, 0.05) is 7.11 Å². The molecule has 0 aromatic carbocycles. The molecule has 1 rings (SSSR count). The fourth-order valence-electron chi connectivity index (χ4n) is 0.934. The first kappa shape index (κ1) is 11.7. The molecule has 0 amide bonds. The first-order valence-electron chi connectivity index (χ1n) is 4.56. The van der Waals surface area contributed by atoms with E-state index in [9.17, 15) is 0 Å². The molecule has 0 spiro atoms. The van der Waals surface area contributed by atoms with Gasteiger partial charge in [-0.15, -0.1) is 0 Å². The summed E-state index contributed by atoms with van der Waals surface area (Å²) in [4.78, 5) is 0. The highest BCUT2D eigenvalue weighted by atomic mass is 32.1. The molecule has 0 aliphatic rings. The van der Waals surface area contributed by atoms with Gasteiger partial charge in [-0.1, -0.05) is 0 Å². The van der Waals surface area contributed by atoms with E-state index < -0.39 is 0 Å². The van der Waals surface area contributed by atoms with Crippen molar-refractivity contribution in [3.63, 3.8) is 0 Å². The van der Waals surface area contributed by atoms with Crippen molar-refractivity contribution >= 4 is 11.3 Å². The van der Waals surface area contributed by atoms with Crippen molar-refractivity contribution in [2.45, 2.75) is 19.8 Å². The summed E-state index contributed by atoms with van der Waals surface area (Å²) in [6.07, 6.45) is -0.176. The van der Waals surface area contributed by atoms with E-state index >= 15 is 0 Å². The third-order valence-electron chi connectivity index (χ3n) is 1.70. The fourth-order valence-corrected chi connectivity index (χ4v) is 1.59. The Kier molecular flexibility index (Phi) is 5.78. The van der Waals surface area contributed by atoms with Crippen LogP contribution in [-0.2, 0) is 20.8 Å². The van der Waals surface area contributed by atoms with Gasteiger partial charge in [-0.25, -0.2) is 0 Å². The minimum absolute atomic E-state index is 0.176. The Morgan fingerprint density at radius 2 is 2.21 bits per heavy atom. The van der Waals surface area contributed by atoms with E-state index in [1.165, 1.54) is 5.56 Å². The van der Waals surface area contributed by atoms with Gasteiger partial charge in [-0.05, 0) is 29.3 Å². The first-order chi connectivity index (χ1) is 6.83. The van der Waals surface area contributed by atoms with Gasteiger partial charge in [0.1, 0.15) is 0 Å². The minimum atomic E-state index is -0.176. The van der Waals surface area contributed by atoms with Crippen molar-refractivity contribution in [1.82, 2.24) is 0 Å². The van der Waals surface area contributed by atoms with Crippen molar-refractivity contribution in [2.75, 3.05) is 20.3 Å². The lowest BCUT2D eigenvalue weighted by atomic mass is 10.4. The van der Waals surface area contributed by atoms with Crippen LogP contribution in [-0.4, -0.2) is 26.6 Å². The molecular weight excluding hydrogens is 200 g/mol. The standard InChI is InChI=1S/C10H16O3S/c1-9(12-5-4-11-2)13-7-10-3-6-14-8-10/h3,6,8-9H,4-5,7H2,1-2H3. The molecule has 0 saturated carbocycles. The van der Waals surface area contributed by atoms with Crippen LogP contribution in [0, 0.1) is 0 Å². The first-order valence-corrected chi connectivity index (χ1v) is 5.50. The van der Waals surface area contributed by atoms with Gasteiger partial charge < -0.3 is 14.2 Å². The molecule has 3 nitrogen and oxygen atoms in total. The summed E-state index contributed by atoms with van der Waals surface area (Å²) in [6.45, 7) is 3.67. The largest absolute Gasteiger partial charge is 0.382 e. The Labute approximate surface area is 88.6 Å². The van der Waals surface area contributed by atoms with Gasteiger partial charge in [0.2, 0.25) is 0 Å². The molecule has 1 unspecified atom stereocenters. The van der Waals surface area contributed by atoms with E-state index in [-0.39, 0.29) is 6.29 Å². The molecule has 0 radical (unpaired) electrons. The molecule has 0 N–H and O–H groups in total. The zero-order chi connectivity index (χ0) is 10.2. The summed E-state index contributed by atoms with van der Waals surface area (Å²) < 4.78 is 15.7. The Bertz CT molecular complexity index is 223. The van der Waals surface area contributed by atoms with Gasteiger partial charge in [0.15, 0.2) is 6.29 Å². The van der Waals surface area contributed by atoms with Crippen LogP contribution in [0.5, 0.6) is 0 Å². The normalized spacial score (nSPS) is 13.0. The van der Waals surface area contributed by atoms with Crippen LogP contribution in [0.2, 0.25) is 0 Å². The third-order valence-corrected chi connectivity index (χ3v) is 2.44. The van der Waals surface area contributed by atoms with E-state index in [1.54, 1.807) is 18.4 Å². The molecule has 0 bridgehead atoms. The van der Waals surface area contributed by atoms with Gasteiger partial charge in [0.05, 0.1) is 19.8 Å². The van der Waals surface area contributed by atoms with Gasteiger partial charge in [0.25, 0.3) is 0 Å². The Balaban J connectivity index is 2.06. The summed E-state index contributed by atoms with van der Waals surface area (Å²) in [7, 11) is 1.65. The van der Waals surface area contributed by atoms with Gasteiger partial charge in [-0.2, -0.15) is 11.3 Å². The summed E-state index contributed by atoms with van der Waals surface area (Å²) in [5.74, 6) is 0. The molecule has 0 aliphatic heterocycles. The zero-order valence-corrected chi connectivity index (χ0v) is 9.38. The predicted octanol–water partition coefficient (Wildman–Crippen LogP) is 2.27. The molecular formula is C10H16O3S. The predicted molar refractivity (Wildman–Crippen MR) is 56.4 cm³/mol. The lowest BCUT2D eigenvalue weighted by Gasteiger charge is -2.13. The van der Waals surface area contributed by atoms with Crippen LogP contribution < -0.4 is 0 Å². The van der Waals surface area contributed by atoms with Crippen LogP contribution in [0.15, 0.2) is 16.8 Å². The van der Waals surface area contributed by atoms with Crippen LogP contribution in [0.25, 0.3) is 0 Å². The van der Waals surface area contributed by atoms with Crippen molar-refractivity contribution in [3.05, 3.63) is 22.4 Å². The molecule has 1 aromatic rings.